The van der Waals surface area contributed by atoms with Gasteiger partial charge in [-0.05, 0) is 60.2 Å². The number of carboxylic acids is 1. The normalized spacial score (nSPS) is 11.4. The van der Waals surface area contributed by atoms with E-state index in [2.05, 4.69) is 5.10 Å². The van der Waals surface area contributed by atoms with Crippen molar-refractivity contribution in [2.75, 3.05) is 14.2 Å². The fourth-order valence-electron chi connectivity index (χ4n) is 3.52. The smallest absolute Gasteiger partial charge is 0.336 e. The molecule has 0 saturated carbocycles. The highest BCUT2D eigenvalue weighted by atomic mass is 32.2. The topological polar surface area (TPSA) is 125 Å². The SMILES string of the molecule is COc1ccc(S(=O)(=O)c2ccc3c(=O)n(Cc4ccc(OC)cc4C(=O)O)ncc3c2)cc1. The van der Waals surface area contributed by atoms with Crippen LogP contribution in [-0.2, 0) is 16.4 Å². The number of sulfone groups is 1. The molecule has 0 radical (unpaired) electrons. The minimum Gasteiger partial charge on any atom is -0.497 e. The molecule has 4 rings (SSSR count). The Hall–Kier alpha value is -4.18. The third-order valence-corrected chi connectivity index (χ3v) is 7.14. The fraction of sp³-hybridized carbons (Fsp3) is 0.125. The van der Waals surface area contributed by atoms with Crippen molar-refractivity contribution in [3.8, 4) is 11.5 Å². The van der Waals surface area contributed by atoms with Crippen LogP contribution >= 0.6 is 0 Å². The predicted octanol–water partition coefficient (Wildman–Crippen LogP) is 2.99. The van der Waals surface area contributed by atoms with E-state index >= 15 is 0 Å². The van der Waals surface area contributed by atoms with Crippen LogP contribution in [0.3, 0.4) is 0 Å². The number of hydrogen-bond acceptors (Lipinski definition) is 7. The molecule has 0 fully saturated rings. The summed E-state index contributed by atoms with van der Waals surface area (Å²) in [6, 6.07) is 14.7. The number of methoxy groups -OCH3 is 2. The molecule has 10 heteroatoms. The van der Waals surface area contributed by atoms with Gasteiger partial charge in [-0.3, -0.25) is 4.79 Å². The highest BCUT2D eigenvalue weighted by Crippen LogP contribution is 2.25. The van der Waals surface area contributed by atoms with Crippen LogP contribution in [0.4, 0.5) is 0 Å². The van der Waals surface area contributed by atoms with E-state index in [1.165, 1.54) is 56.8 Å². The third-order valence-electron chi connectivity index (χ3n) is 5.37. The summed E-state index contributed by atoms with van der Waals surface area (Å²) in [6.07, 6.45) is 1.38. The van der Waals surface area contributed by atoms with Gasteiger partial charge in [0, 0.05) is 5.39 Å². The Bertz CT molecular complexity index is 1560. The molecule has 0 spiro atoms. The molecule has 34 heavy (non-hydrogen) atoms. The van der Waals surface area contributed by atoms with Crippen LogP contribution in [0, 0.1) is 0 Å². The van der Waals surface area contributed by atoms with Crippen LogP contribution in [0.5, 0.6) is 11.5 Å². The summed E-state index contributed by atoms with van der Waals surface area (Å²) < 4.78 is 37.3. The second kappa shape index (κ2) is 8.99. The molecule has 3 aromatic carbocycles. The van der Waals surface area contributed by atoms with Crippen molar-refractivity contribution in [1.29, 1.82) is 0 Å². The van der Waals surface area contributed by atoms with Crippen LogP contribution in [0.2, 0.25) is 0 Å². The Morgan fingerprint density at radius 1 is 0.941 bits per heavy atom. The predicted molar refractivity (Wildman–Crippen MR) is 124 cm³/mol. The van der Waals surface area contributed by atoms with Crippen molar-refractivity contribution in [3.63, 3.8) is 0 Å². The molecule has 0 aliphatic carbocycles. The highest BCUT2D eigenvalue weighted by Gasteiger charge is 2.19. The van der Waals surface area contributed by atoms with E-state index in [9.17, 15) is 23.1 Å². The lowest BCUT2D eigenvalue weighted by atomic mass is 10.1. The molecule has 1 heterocycles. The molecular weight excluding hydrogens is 460 g/mol. The summed E-state index contributed by atoms with van der Waals surface area (Å²) >= 11 is 0. The molecule has 0 amide bonds. The van der Waals surface area contributed by atoms with Gasteiger partial charge in [-0.2, -0.15) is 5.10 Å². The van der Waals surface area contributed by atoms with Gasteiger partial charge in [-0.25, -0.2) is 17.9 Å². The minimum atomic E-state index is -3.82. The number of rotatable bonds is 7. The van der Waals surface area contributed by atoms with Gasteiger partial charge in [0.1, 0.15) is 11.5 Å². The number of hydrogen-bond donors (Lipinski definition) is 1. The van der Waals surface area contributed by atoms with Crippen molar-refractivity contribution in [2.24, 2.45) is 0 Å². The maximum Gasteiger partial charge on any atom is 0.336 e. The van der Waals surface area contributed by atoms with Gasteiger partial charge >= 0.3 is 5.97 Å². The van der Waals surface area contributed by atoms with E-state index in [0.717, 1.165) is 4.68 Å². The lowest BCUT2D eigenvalue weighted by Gasteiger charge is -2.11. The van der Waals surface area contributed by atoms with E-state index in [1.54, 1.807) is 24.3 Å². The fourth-order valence-corrected chi connectivity index (χ4v) is 4.81. The van der Waals surface area contributed by atoms with Gasteiger partial charge in [0.15, 0.2) is 0 Å². The van der Waals surface area contributed by atoms with Crippen LogP contribution in [0.25, 0.3) is 10.8 Å². The zero-order chi connectivity index (χ0) is 24.5. The number of carbonyl (C=O) groups is 1. The third kappa shape index (κ3) is 4.23. The molecule has 0 bridgehead atoms. The van der Waals surface area contributed by atoms with Crippen LogP contribution in [-0.4, -0.2) is 43.5 Å². The lowest BCUT2D eigenvalue weighted by Crippen LogP contribution is -2.24. The van der Waals surface area contributed by atoms with Crippen molar-refractivity contribution >= 4 is 26.6 Å². The molecular formula is C24H20N2O7S. The number of carboxylic acid groups (broad SMARTS) is 1. The van der Waals surface area contributed by atoms with E-state index < -0.39 is 21.4 Å². The summed E-state index contributed by atoms with van der Waals surface area (Å²) in [4.78, 5) is 24.8. The van der Waals surface area contributed by atoms with E-state index in [4.69, 9.17) is 9.47 Å². The molecule has 0 aliphatic rings. The zero-order valence-electron chi connectivity index (χ0n) is 18.3. The summed E-state index contributed by atoms with van der Waals surface area (Å²) in [5.74, 6) is -0.244. The van der Waals surface area contributed by atoms with Gasteiger partial charge in [-0.1, -0.05) is 6.07 Å². The van der Waals surface area contributed by atoms with Crippen LogP contribution < -0.4 is 15.0 Å². The maximum atomic E-state index is 13.0. The molecule has 0 aliphatic heterocycles. The quantitative estimate of drug-likeness (QED) is 0.428. The second-order valence-electron chi connectivity index (χ2n) is 7.36. The number of fused-ring (bicyclic) bond motifs is 1. The van der Waals surface area contributed by atoms with Crippen LogP contribution in [0.15, 0.2) is 81.4 Å². The standard InChI is InChI=1S/C24H20N2O7S/c1-32-17-5-7-19(8-6-17)34(30,31)20-9-10-21-16(11-20)13-25-26(23(21)27)14-15-3-4-18(33-2)12-22(15)24(28)29/h3-13H,14H2,1-2H3,(H,28,29). The molecule has 1 aromatic heterocycles. The average Bonchev–Trinajstić information content (AvgIpc) is 2.85. The number of aromatic carboxylic acids is 1. The number of nitrogens with zero attached hydrogens (tertiary/aromatic N) is 2. The van der Waals surface area contributed by atoms with Gasteiger partial charge in [0.05, 0.1) is 47.7 Å². The monoisotopic (exact) mass is 480 g/mol. The summed E-state index contributed by atoms with van der Waals surface area (Å²) in [5, 5.41) is 14.2. The second-order valence-corrected chi connectivity index (χ2v) is 9.31. The Labute approximate surface area is 194 Å². The molecule has 174 valence electrons. The zero-order valence-corrected chi connectivity index (χ0v) is 19.1. The lowest BCUT2D eigenvalue weighted by molar-refractivity contribution is 0.0695. The summed E-state index contributed by atoms with van der Waals surface area (Å²) in [5.41, 5.74) is -0.104. The molecule has 9 nitrogen and oxygen atoms in total. The first-order chi connectivity index (χ1) is 16.2. The first-order valence-electron chi connectivity index (χ1n) is 10.0. The largest absolute Gasteiger partial charge is 0.497 e. The van der Waals surface area contributed by atoms with E-state index in [1.807, 2.05) is 0 Å². The van der Waals surface area contributed by atoms with Gasteiger partial charge < -0.3 is 14.6 Å². The number of aromatic nitrogens is 2. The van der Waals surface area contributed by atoms with Crippen LogP contribution in [0.1, 0.15) is 15.9 Å². The Morgan fingerprint density at radius 3 is 2.24 bits per heavy atom. The first-order valence-corrected chi connectivity index (χ1v) is 11.5. The number of benzene rings is 3. The summed E-state index contributed by atoms with van der Waals surface area (Å²) in [6.45, 7) is -0.0771. The highest BCUT2D eigenvalue weighted by molar-refractivity contribution is 7.91. The average molecular weight is 480 g/mol. The molecule has 0 atom stereocenters. The molecule has 4 aromatic rings. The van der Waals surface area contributed by atoms with Gasteiger partial charge in [-0.15, -0.1) is 0 Å². The van der Waals surface area contributed by atoms with E-state index in [-0.39, 0.29) is 27.3 Å². The van der Waals surface area contributed by atoms with Gasteiger partial charge in [0.2, 0.25) is 9.84 Å². The minimum absolute atomic E-state index is 0.00548. The van der Waals surface area contributed by atoms with Gasteiger partial charge in [0.25, 0.3) is 5.56 Å². The first kappa shape index (κ1) is 23.0. The summed E-state index contributed by atoms with van der Waals surface area (Å²) in [7, 11) is -0.899. The molecule has 0 saturated heterocycles. The maximum absolute atomic E-state index is 13.0. The Kier molecular flexibility index (Phi) is 6.08. The Balaban J connectivity index is 1.72. The van der Waals surface area contributed by atoms with E-state index in [0.29, 0.717) is 22.4 Å². The van der Waals surface area contributed by atoms with Crippen molar-refractivity contribution in [3.05, 3.63) is 88.3 Å². The van der Waals surface area contributed by atoms with Crippen molar-refractivity contribution in [2.45, 2.75) is 16.3 Å². The van der Waals surface area contributed by atoms with Crippen molar-refractivity contribution in [1.82, 2.24) is 9.78 Å². The molecule has 1 N–H and O–H groups in total. The Morgan fingerprint density at radius 2 is 1.59 bits per heavy atom. The van der Waals surface area contributed by atoms with Crippen molar-refractivity contribution < 1.29 is 27.8 Å². The molecule has 0 unspecified atom stereocenters. The number of ether oxygens (including phenoxy) is 2.